The van der Waals surface area contributed by atoms with Crippen LogP contribution in [0, 0.1) is 6.92 Å². The van der Waals surface area contributed by atoms with Crippen molar-refractivity contribution >= 4 is 5.82 Å². The normalized spacial score (nSPS) is 10.9. The summed E-state index contributed by atoms with van der Waals surface area (Å²) in [4.78, 5) is 0. The van der Waals surface area contributed by atoms with E-state index in [2.05, 4.69) is 67.5 Å². The molecule has 0 radical (unpaired) electrons. The number of nitrogens with zero attached hydrogens (tertiary/aromatic N) is 1. The molecule has 96 valence electrons. The smallest absolute Gasteiger partial charge is 0.151 e. The fraction of sp³-hybridized carbons (Fsp3) is 0.400. The number of H-pyrrole nitrogens is 1. The molecule has 2 aromatic rings. The number of hydrogen-bond donors (Lipinski definition) is 2. The van der Waals surface area contributed by atoms with Crippen molar-refractivity contribution in [2.24, 2.45) is 0 Å². The maximum absolute atomic E-state index is 4.34. The molecule has 2 rings (SSSR count). The van der Waals surface area contributed by atoms with E-state index in [9.17, 15) is 0 Å². The number of nitrogens with one attached hydrogen (secondary N) is 2. The monoisotopic (exact) mass is 243 g/mol. The summed E-state index contributed by atoms with van der Waals surface area (Å²) in [6, 6.07) is 9.04. The van der Waals surface area contributed by atoms with Crippen LogP contribution in [0.3, 0.4) is 0 Å². The van der Waals surface area contributed by atoms with Crippen LogP contribution < -0.4 is 5.32 Å². The van der Waals surface area contributed by atoms with Crippen molar-refractivity contribution in [3.05, 3.63) is 35.4 Å². The molecule has 1 aromatic heterocycles. The first-order chi connectivity index (χ1) is 8.61. The minimum atomic E-state index is 0.391. The van der Waals surface area contributed by atoms with E-state index in [1.165, 1.54) is 16.7 Å². The Hall–Kier alpha value is -1.77. The zero-order valence-electron chi connectivity index (χ0n) is 11.5. The Morgan fingerprint density at radius 1 is 1.22 bits per heavy atom. The fourth-order valence-corrected chi connectivity index (χ4v) is 2.00. The van der Waals surface area contributed by atoms with Crippen molar-refractivity contribution < 1.29 is 0 Å². The molecule has 0 aliphatic heterocycles. The van der Waals surface area contributed by atoms with E-state index in [1.807, 2.05) is 0 Å². The lowest BCUT2D eigenvalue weighted by molar-refractivity contribution is 0.882. The van der Waals surface area contributed by atoms with Gasteiger partial charge in [0.1, 0.15) is 0 Å². The fourth-order valence-electron chi connectivity index (χ4n) is 2.00. The SMILES string of the molecule is CCc1ccc(-c2[nH]nc(NC(C)C)c2C)cc1. The largest absolute Gasteiger partial charge is 0.366 e. The van der Waals surface area contributed by atoms with Crippen molar-refractivity contribution in [1.29, 1.82) is 0 Å². The number of aryl methyl sites for hydroxylation is 1. The summed E-state index contributed by atoms with van der Waals surface area (Å²) in [5, 5.41) is 10.8. The highest BCUT2D eigenvalue weighted by molar-refractivity contribution is 5.68. The van der Waals surface area contributed by atoms with Gasteiger partial charge in [-0.25, -0.2) is 0 Å². The molecule has 0 fully saturated rings. The lowest BCUT2D eigenvalue weighted by Gasteiger charge is -2.07. The highest BCUT2D eigenvalue weighted by atomic mass is 15.2. The van der Waals surface area contributed by atoms with Crippen molar-refractivity contribution in [2.45, 2.75) is 40.2 Å². The molecule has 0 aliphatic carbocycles. The van der Waals surface area contributed by atoms with Gasteiger partial charge >= 0.3 is 0 Å². The molecule has 3 heteroatoms. The number of anilines is 1. The molecule has 18 heavy (non-hydrogen) atoms. The second-order valence-corrected chi connectivity index (χ2v) is 4.92. The molecule has 0 atom stereocenters. The van der Waals surface area contributed by atoms with Crippen LogP contribution in [0.5, 0.6) is 0 Å². The second kappa shape index (κ2) is 5.25. The molecule has 2 N–H and O–H groups in total. The summed E-state index contributed by atoms with van der Waals surface area (Å²) in [5.41, 5.74) is 4.82. The van der Waals surface area contributed by atoms with Gasteiger partial charge in [-0.1, -0.05) is 31.2 Å². The van der Waals surface area contributed by atoms with Crippen LogP contribution in [0.4, 0.5) is 5.82 Å². The molecule has 1 heterocycles. The highest BCUT2D eigenvalue weighted by Gasteiger charge is 2.11. The highest BCUT2D eigenvalue weighted by Crippen LogP contribution is 2.26. The molecule has 1 aromatic carbocycles. The Morgan fingerprint density at radius 2 is 1.89 bits per heavy atom. The Balaban J connectivity index is 2.30. The van der Waals surface area contributed by atoms with E-state index in [0.29, 0.717) is 6.04 Å². The summed E-state index contributed by atoms with van der Waals surface area (Å²) in [5.74, 6) is 0.944. The van der Waals surface area contributed by atoms with Gasteiger partial charge in [-0.3, -0.25) is 5.10 Å². The number of benzene rings is 1. The molecule has 0 saturated carbocycles. The van der Waals surface area contributed by atoms with Crippen molar-refractivity contribution in [3.63, 3.8) is 0 Å². The van der Waals surface area contributed by atoms with Crippen LogP contribution in [-0.4, -0.2) is 16.2 Å². The summed E-state index contributed by atoms with van der Waals surface area (Å²) < 4.78 is 0. The molecule has 0 saturated heterocycles. The van der Waals surface area contributed by atoms with Crippen LogP contribution in [0.25, 0.3) is 11.3 Å². The molecule has 3 nitrogen and oxygen atoms in total. The average molecular weight is 243 g/mol. The molecule has 0 unspecified atom stereocenters. The van der Waals surface area contributed by atoms with E-state index < -0.39 is 0 Å². The van der Waals surface area contributed by atoms with Crippen LogP contribution in [0.15, 0.2) is 24.3 Å². The first-order valence-electron chi connectivity index (χ1n) is 6.52. The molecular formula is C15H21N3. The third kappa shape index (κ3) is 2.55. The minimum Gasteiger partial charge on any atom is -0.366 e. The molecule has 0 spiro atoms. The van der Waals surface area contributed by atoms with Gasteiger partial charge in [0, 0.05) is 11.6 Å². The van der Waals surface area contributed by atoms with Gasteiger partial charge in [0.05, 0.1) is 5.69 Å². The Morgan fingerprint density at radius 3 is 2.44 bits per heavy atom. The van der Waals surface area contributed by atoms with Gasteiger partial charge in [-0.2, -0.15) is 5.10 Å². The van der Waals surface area contributed by atoms with E-state index in [4.69, 9.17) is 0 Å². The lowest BCUT2D eigenvalue weighted by atomic mass is 10.1. The van der Waals surface area contributed by atoms with E-state index >= 15 is 0 Å². The zero-order chi connectivity index (χ0) is 13.1. The van der Waals surface area contributed by atoms with Gasteiger partial charge in [0.2, 0.25) is 0 Å². The summed E-state index contributed by atoms with van der Waals surface area (Å²) in [7, 11) is 0. The van der Waals surface area contributed by atoms with Crippen molar-refractivity contribution in [3.8, 4) is 11.3 Å². The van der Waals surface area contributed by atoms with Crippen LogP contribution in [-0.2, 0) is 6.42 Å². The Labute approximate surface area is 109 Å². The number of aromatic amines is 1. The summed E-state index contributed by atoms with van der Waals surface area (Å²) in [6.45, 7) is 8.49. The van der Waals surface area contributed by atoms with Crippen molar-refractivity contribution in [1.82, 2.24) is 10.2 Å². The van der Waals surface area contributed by atoms with Crippen molar-refractivity contribution in [2.75, 3.05) is 5.32 Å². The van der Waals surface area contributed by atoms with Gasteiger partial charge in [0.15, 0.2) is 5.82 Å². The molecular weight excluding hydrogens is 222 g/mol. The second-order valence-electron chi connectivity index (χ2n) is 4.92. The number of aromatic nitrogens is 2. The number of rotatable bonds is 4. The van der Waals surface area contributed by atoms with E-state index in [0.717, 1.165) is 17.9 Å². The van der Waals surface area contributed by atoms with Gasteiger partial charge < -0.3 is 5.32 Å². The summed E-state index contributed by atoms with van der Waals surface area (Å²) >= 11 is 0. The van der Waals surface area contributed by atoms with Crippen LogP contribution in [0.2, 0.25) is 0 Å². The van der Waals surface area contributed by atoms with Crippen LogP contribution in [0.1, 0.15) is 31.9 Å². The zero-order valence-corrected chi connectivity index (χ0v) is 11.5. The standard InChI is InChI=1S/C15H21N3/c1-5-12-6-8-13(9-7-12)14-11(4)15(18-17-14)16-10(2)3/h6-10H,5H2,1-4H3,(H2,16,17,18). The quantitative estimate of drug-likeness (QED) is 0.858. The van der Waals surface area contributed by atoms with Gasteiger partial charge in [0.25, 0.3) is 0 Å². The van der Waals surface area contributed by atoms with Gasteiger partial charge in [-0.15, -0.1) is 0 Å². The number of hydrogen-bond acceptors (Lipinski definition) is 2. The minimum absolute atomic E-state index is 0.391. The van der Waals surface area contributed by atoms with Gasteiger partial charge in [-0.05, 0) is 38.3 Å². The predicted octanol–water partition coefficient (Wildman–Crippen LogP) is 3.77. The van der Waals surface area contributed by atoms with E-state index in [-0.39, 0.29) is 0 Å². The van der Waals surface area contributed by atoms with E-state index in [1.54, 1.807) is 0 Å². The summed E-state index contributed by atoms with van der Waals surface area (Å²) in [6.07, 6.45) is 1.07. The molecule has 0 aliphatic rings. The third-order valence-electron chi connectivity index (χ3n) is 3.09. The van der Waals surface area contributed by atoms with Crippen LogP contribution >= 0.6 is 0 Å². The lowest BCUT2D eigenvalue weighted by Crippen LogP contribution is -2.10. The molecule has 0 bridgehead atoms. The first-order valence-corrected chi connectivity index (χ1v) is 6.52. The molecule has 0 amide bonds. The average Bonchev–Trinajstić information content (AvgIpc) is 2.71. The Kier molecular flexibility index (Phi) is 3.70. The third-order valence-corrected chi connectivity index (χ3v) is 3.09. The maximum Gasteiger partial charge on any atom is 0.151 e. The first kappa shape index (κ1) is 12.7. The Bertz CT molecular complexity index is 509. The topological polar surface area (TPSA) is 40.7 Å². The maximum atomic E-state index is 4.34. The predicted molar refractivity (Wildman–Crippen MR) is 76.9 cm³/mol.